The summed E-state index contributed by atoms with van der Waals surface area (Å²) >= 11 is 0. The Balaban J connectivity index is 1.18. The van der Waals surface area contributed by atoms with Gasteiger partial charge in [-0.25, -0.2) is 0 Å². The van der Waals surface area contributed by atoms with Gasteiger partial charge < -0.3 is 33.2 Å². The molecule has 0 radical (unpaired) electrons. The van der Waals surface area contributed by atoms with E-state index in [0.29, 0.717) is 48.3 Å². The maximum Gasteiger partial charge on any atom is 0.306 e. The molecule has 1 N–H and O–H groups in total. The fraction of sp³-hybridized carbons (Fsp3) is 0.351. The molecule has 0 fully saturated rings. The van der Waals surface area contributed by atoms with Crippen LogP contribution in [-0.4, -0.2) is 57.1 Å². The van der Waals surface area contributed by atoms with E-state index in [-0.39, 0.29) is 12.2 Å². The number of methoxy groups -OCH3 is 3. The molecule has 1 atom stereocenters. The van der Waals surface area contributed by atoms with Gasteiger partial charge in [0.15, 0.2) is 17.3 Å². The Hall–Kier alpha value is -4.96. The maximum absolute atomic E-state index is 13.0. The predicted octanol–water partition coefficient (Wildman–Crippen LogP) is 5.17. The Labute approximate surface area is 273 Å². The molecule has 3 heterocycles. The molecular formula is C37H39NO9. The molecule has 0 saturated heterocycles. The first-order chi connectivity index (χ1) is 22.8. The Morgan fingerprint density at radius 1 is 0.936 bits per heavy atom. The van der Waals surface area contributed by atoms with Gasteiger partial charge in [0, 0.05) is 32.0 Å². The van der Waals surface area contributed by atoms with Gasteiger partial charge in [0.05, 0.1) is 53.4 Å². The number of aromatic hydroxyl groups is 1. The van der Waals surface area contributed by atoms with E-state index in [9.17, 15) is 14.7 Å². The van der Waals surface area contributed by atoms with E-state index in [1.165, 1.54) is 29.9 Å². The standard InChI is InChI=1S/C37H39NO9/c1-42-33-17-25-10-13-38(21-27(25)18-34(33)43-2)22-29-19-31(39)36(41)37(47-29)30(20-35(40)44-3)24-5-7-28(8-6-24)45-14-11-23-4-9-32-26(16-23)12-15-46-32/h4-9,16-19,30,41H,10-15,20-22H2,1-3H3. The summed E-state index contributed by atoms with van der Waals surface area (Å²) in [5.74, 6) is 1.60. The van der Waals surface area contributed by atoms with Gasteiger partial charge in [-0.05, 0) is 64.6 Å². The molecular weight excluding hydrogens is 602 g/mol. The van der Waals surface area contributed by atoms with Crippen molar-refractivity contribution >= 4 is 5.97 Å². The van der Waals surface area contributed by atoms with Crippen molar-refractivity contribution < 1.29 is 38.0 Å². The van der Waals surface area contributed by atoms with Crippen molar-refractivity contribution in [3.05, 3.63) is 110 Å². The van der Waals surface area contributed by atoms with Crippen molar-refractivity contribution in [3.63, 3.8) is 0 Å². The average molecular weight is 642 g/mol. The maximum atomic E-state index is 13.0. The molecule has 4 aromatic rings. The second-order valence-corrected chi connectivity index (χ2v) is 11.8. The first-order valence-corrected chi connectivity index (χ1v) is 15.7. The summed E-state index contributed by atoms with van der Waals surface area (Å²) in [5.41, 5.74) is 4.79. The minimum absolute atomic E-state index is 0.0240. The van der Waals surface area contributed by atoms with Gasteiger partial charge in [-0.3, -0.25) is 14.5 Å². The lowest BCUT2D eigenvalue weighted by atomic mass is 9.92. The van der Waals surface area contributed by atoms with Crippen LogP contribution >= 0.6 is 0 Å². The molecule has 2 aliphatic rings. The van der Waals surface area contributed by atoms with Crippen LogP contribution in [0.25, 0.3) is 0 Å². The zero-order chi connectivity index (χ0) is 32.9. The first-order valence-electron chi connectivity index (χ1n) is 15.7. The largest absolute Gasteiger partial charge is 0.502 e. The number of esters is 1. The highest BCUT2D eigenvalue weighted by molar-refractivity contribution is 5.71. The highest BCUT2D eigenvalue weighted by atomic mass is 16.5. The molecule has 246 valence electrons. The van der Waals surface area contributed by atoms with Gasteiger partial charge in [-0.2, -0.15) is 0 Å². The molecule has 10 nitrogen and oxygen atoms in total. The summed E-state index contributed by atoms with van der Waals surface area (Å²) in [6.07, 6.45) is 2.33. The van der Waals surface area contributed by atoms with Crippen LogP contribution < -0.4 is 24.4 Å². The van der Waals surface area contributed by atoms with E-state index in [4.69, 9.17) is 28.1 Å². The molecule has 2 aliphatic heterocycles. The summed E-state index contributed by atoms with van der Waals surface area (Å²) in [6.45, 7) is 2.90. The van der Waals surface area contributed by atoms with Gasteiger partial charge in [0.1, 0.15) is 17.3 Å². The second-order valence-electron chi connectivity index (χ2n) is 11.8. The fourth-order valence-electron chi connectivity index (χ4n) is 6.26. The van der Waals surface area contributed by atoms with E-state index in [1.54, 1.807) is 14.2 Å². The monoisotopic (exact) mass is 641 g/mol. The average Bonchev–Trinajstić information content (AvgIpc) is 3.56. The molecule has 0 amide bonds. The summed E-state index contributed by atoms with van der Waals surface area (Å²) < 4.78 is 33.7. The van der Waals surface area contributed by atoms with Crippen LogP contribution in [0, 0.1) is 0 Å². The van der Waals surface area contributed by atoms with Crippen LogP contribution in [-0.2, 0) is 41.9 Å². The number of carbonyl (C=O) groups is 1. The van der Waals surface area contributed by atoms with Crippen LogP contribution in [0.3, 0.4) is 0 Å². The van der Waals surface area contributed by atoms with E-state index in [0.717, 1.165) is 43.7 Å². The van der Waals surface area contributed by atoms with Crippen LogP contribution in [0.5, 0.6) is 28.7 Å². The molecule has 3 aromatic carbocycles. The van der Waals surface area contributed by atoms with Crippen molar-refractivity contribution in [3.8, 4) is 28.7 Å². The van der Waals surface area contributed by atoms with E-state index in [2.05, 4.69) is 17.0 Å². The zero-order valence-electron chi connectivity index (χ0n) is 26.9. The van der Waals surface area contributed by atoms with E-state index in [1.807, 2.05) is 42.5 Å². The van der Waals surface area contributed by atoms with Crippen LogP contribution in [0.2, 0.25) is 0 Å². The van der Waals surface area contributed by atoms with Crippen molar-refractivity contribution in [1.82, 2.24) is 4.90 Å². The van der Waals surface area contributed by atoms with Crippen LogP contribution in [0.4, 0.5) is 0 Å². The number of hydrogen-bond donors (Lipinski definition) is 1. The Bertz CT molecular complexity index is 1800. The first kappa shape index (κ1) is 32.0. The molecule has 0 saturated carbocycles. The summed E-state index contributed by atoms with van der Waals surface area (Å²) in [4.78, 5) is 27.7. The topological polar surface area (TPSA) is 117 Å². The molecule has 1 unspecified atom stereocenters. The third-order valence-electron chi connectivity index (χ3n) is 8.79. The highest BCUT2D eigenvalue weighted by Crippen LogP contribution is 2.36. The number of ether oxygens (including phenoxy) is 5. The summed E-state index contributed by atoms with van der Waals surface area (Å²) in [7, 11) is 4.53. The molecule has 0 spiro atoms. The third kappa shape index (κ3) is 7.23. The smallest absolute Gasteiger partial charge is 0.306 e. The molecule has 47 heavy (non-hydrogen) atoms. The number of nitrogens with zero attached hydrogens (tertiary/aromatic N) is 1. The quantitative estimate of drug-likeness (QED) is 0.208. The Morgan fingerprint density at radius 2 is 1.70 bits per heavy atom. The van der Waals surface area contributed by atoms with Gasteiger partial charge in [-0.15, -0.1) is 0 Å². The molecule has 1 aromatic heterocycles. The highest BCUT2D eigenvalue weighted by Gasteiger charge is 2.28. The number of hydrogen-bond acceptors (Lipinski definition) is 10. The molecule has 6 rings (SSSR count). The van der Waals surface area contributed by atoms with E-state index < -0.39 is 23.1 Å². The number of fused-ring (bicyclic) bond motifs is 2. The third-order valence-corrected chi connectivity index (χ3v) is 8.79. The predicted molar refractivity (Wildman–Crippen MR) is 174 cm³/mol. The Kier molecular flexibility index (Phi) is 9.68. The molecule has 0 aliphatic carbocycles. The number of benzene rings is 3. The number of carbonyl (C=O) groups excluding carboxylic acids is 1. The van der Waals surface area contributed by atoms with Crippen molar-refractivity contribution in [2.24, 2.45) is 0 Å². The van der Waals surface area contributed by atoms with Crippen LogP contribution in [0.1, 0.15) is 51.7 Å². The van der Waals surface area contributed by atoms with Gasteiger partial charge in [0.25, 0.3) is 0 Å². The van der Waals surface area contributed by atoms with Crippen molar-refractivity contribution in [1.29, 1.82) is 0 Å². The molecule has 0 bridgehead atoms. The second kappa shape index (κ2) is 14.2. The lowest BCUT2D eigenvalue weighted by molar-refractivity contribution is -0.140. The minimum atomic E-state index is -0.753. The lowest BCUT2D eigenvalue weighted by Crippen LogP contribution is -2.30. The van der Waals surface area contributed by atoms with Crippen molar-refractivity contribution in [2.45, 2.75) is 44.7 Å². The summed E-state index contributed by atoms with van der Waals surface area (Å²) in [5, 5.41) is 10.9. The van der Waals surface area contributed by atoms with Gasteiger partial charge in [0.2, 0.25) is 11.2 Å². The normalized spacial score (nSPS) is 14.4. The zero-order valence-corrected chi connectivity index (χ0v) is 26.9. The SMILES string of the molecule is COC(=O)CC(c1ccc(OCCc2ccc3c(c2)CCO3)cc1)c1oc(CN2CCc3cc(OC)c(OC)cc3C2)cc(=O)c1O. The van der Waals surface area contributed by atoms with Gasteiger partial charge in [-0.1, -0.05) is 24.3 Å². The molecule has 10 heteroatoms. The van der Waals surface area contributed by atoms with Crippen LogP contribution in [0.15, 0.2) is 69.9 Å². The lowest BCUT2D eigenvalue weighted by Gasteiger charge is -2.29. The minimum Gasteiger partial charge on any atom is -0.502 e. The van der Waals surface area contributed by atoms with Crippen molar-refractivity contribution in [2.75, 3.05) is 41.1 Å². The Morgan fingerprint density at radius 3 is 2.45 bits per heavy atom. The van der Waals surface area contributed by atoms with E-state index >= 15 is 0 Å². The van der Waals surface area contributed by atoms with Gasteiger partial charge >= 0.3 is 5.97 Å². The fourth-order valence-corrected chi connectivity index (χ4v) is 6.26. The number of rotatable bonds is 12. The summed E-state index contributed by atoms with van der Waals surface area (Å²) in [6, 6.07) is 18.8.